The molecule has 0 radical (unpaired) electrons. The van der Waals surface area contributed by atoms with Gasteiger partial charge in [-0.2, -0.15) is 13.2 Å². The summed E-state index contributed by atoms with van der Waals surface area (Å²) in [5.41, 5.74) is -1.04. The lowest BCUT2D eigenvalue weighted by Gasteiger charge is -2.35. The molecule has 1 aromatic carbocycles. The lowest BCUT2D eigenvalue weighted by atomic mass is 9.98. The molecule has 2 aliphatic heterocycles. The maximum Gasteiger partial charge on any atom is 0.418 e. The number of nitrogens with one attached hydrogen (secondary N) is 2. The fraction of sp³-hybridized carbons (Fsp3) is 0.562. The number of halogens is 3. The summed E-state index contributed by atoms with van der Waals surface area (Å²) < 4.78 is 38.8. The van der Waals surface area contributed by atoms with E-state index in [9.17, 15) is 18.0 Å². The second-order valence-corrected chi connectivity index (χ2v) is 6.20. The Morgan fingerprint density at radius 3 is 2.74 bits per heavy atom. The molecule has 3 rings (SSSR count). The first-order valence-corrected chi connectivity index (χ1v) is 7.91. The van der Waals surface area contributed by atoms with Gasteiger partial charge in [0.2, 0.25) is 0 Å². The highest BCUT2D eigenvalue weighted by Gasteiger charge is 2.34. The van der Waals surface area contributed by atoms with Crippen LogP contribution in [-0.4, -0.2) is 36.1 Å². The number of para-hydroxylation sites is 1. The molecule has 126 valence electrons. The summed E-state index contributed by atoms with van der Waals surface area (Å²) in [5.74, 6) is 0. The molecule has 2 heterocycles. The minimum Gasteiger partial charge on any atom is -0.335 e. The van der Waals surface area contributed by atoms with Crippen molar-refractivity contribution in [1.29, 1.82) is 0 Å². The van der Waals surface area contributed by atoms with Crippen LogP contribution < -0.4 is 10.6 Å². The van der Waals surface area contributed by atoms with Gasteiger partial charge in [0.15, 0.2) is 0 Å². The van der Waals surface area contributed by atoms with E-state index in [4.69, 9.17) is 0 Å². The van der Waals surface area contributed by atoms with Gasteiger partial charge in [0, 0.05) is 18.6 Å². The first kappa shape index (κ1) is 16.1. The quantitative estimate of drug-likeness (QED) is 0.874. The van der Waals surface area contributed by atoms with Gasteiger partial charge in [0.25, 0.3) is 0 Å². The largest absolute Gasteiger partial charge is 0.418 e. The van der Waals surface area contributed by atoms with Crippen molar-refractivity contribution in [1.82, 2.24) is 10.2 Å². The fourth-order valence-corrected chi connectivity index (χ4v) is 3.54. The van der Waals surface area contributed by atoms with E-state index < -0.39 is 17.8 Å². The first-order valence-electron chi connectivity index (χ1n) is 7.91. The first-order chi connectivity index (χ1) is 10.9. The van der Waals surface area contributed by atoms with Crippen molar-refractivity contribution in [2.24, 2.45) is 0 Å². The molecule has 1 aromatic rings. The number of benzene rings is 1. The van der Waals surface area contributed by atoms with Gasteiger partial charge >= 0.3 is 12.2 Å². The molecule has 2 aliphatic rings. The van der Waals surface area contributed by atoms with Crippen LogP contribution in [0, 0.1) is 0 Å². The minimum atomic E-state index is -4.49. The zero-order valence-corrected chi connectivity index (χ0v) is 12.7. The van der Waals surface area contributed by atoms with Crippen LogP contribution in [0.5, 0.6) is 0 Å². The zero-order valence-electron chi connectivity index (χ0n) is 12.7. The fourth-order valence-electron chi connectivity index (χ4n) is 3.54. The number of fused-ring (bicyclic) bond motifs is 1. The Kier molecular flexibility index (Phi) is 4.48. The van der Waals surface area contributed by atoms with Crippen molar-refractivity contribution >= 4 is 11.7 Å². The molecule has 2 saturated heterocycles. The van der Waals surface area contributed by atoms with E-state index >= 15 is 0 Å². The third-order valence-electron chi connectivity index (χ3n) is 4.64. The molecule has 2 N–H and O–H groups in total. The van der Waals surface area contributed by atoms with E-state index in [1.54, 1.807) is 0 Å². The molecule has 2 unspecified atom stereocenters. The molecule has 7 heteroatoms. The molecule has 0 spiro atoms. The molecular formula is C16H20F3N3O. The number of urea groups is 1. The predicted molar refractivity (Wildman–Crippen MR) is 81.2 cm³/mol. The SMILES string of the molecule is O=C(Nc1ccccc1C(F)(F)F)NC1CCN2CCCC2C1. The van der Waals surface area contributed by atoms with Gasteiger partial charge < -0.3 is 15.5 Å². The van der Waals surface area contributed by atoms with Gasteiger partial charge in [-0.25, -0.2) is 4.79 Å². The van der Waals surface area contributed by atoms with Crippen LogP contribution in [0.15, 0.2) is 24.3 Å². The Bertz CT molecular complexity index is 576. The van der Waals surface area contributed by atoms with Crippen LogP contribution in [0.3, 0.4) is 0 Å². The maximum absolute atomic E-state index is 12.9. The van der Waals surface area contributed by atoms with Crippen LogP contribution in [0.2, 0.25) is 0 Å². The lowest BCUT2D eigenvalue weighted by Crippen LogP contribution is -2.48. The Balaban J connectivity index is 1.60. The summed E-state index contributed by atoms with van der Waals surface area (Å²) in [7, 11) is 0. The number of rotatable bonds is 2. The van der Waals surface area contributed by atoms with E-state index in [-0.39, 0.29) is 11.7 Å². The third-order valence-corrected chi connectivity index (χ3v) is 4.64. The summed E-state index contributed by atoms with van der Waals surface area (Å²) in [6.07, 6.45) is -0.461. The van der Waals surface area contributed by atoms with Crippen molar-refractivity contribution in [3.8, 4) is 0 Å². The van der Waals surface area contributed by atoms with Gasteiger partial charge in [-0.15, -0.1) is 0 Å². The van der Waals surface area contributed by atoms with Gasteiger partial charge in [-0.05, 0) is 44.4 Å². The molecule has 0 bridgehead atoms. The van der Waals surface area contributed by atoms with Crippen molar-refractivity contribution in [3.05, 3.63) is 29.8 Å². The van der Waals surface area contributed by atoms with Crippen LogP contribution >= 0.6 is 0 Å². The number of carbonyl (C=O) groups excluding carboxylic acids is 1. The molecule has 0 aromatic heterocycles. The van der Waals surface area contributed by atoms with Gasteiger partial charge in [0.1, 0.15) is 0 Å². The highest BCUT2D eigenvalue weighted by Crippen LogP contribution is 2.34. The van der Waals surface area contributed by atoms with Gasteiger partial charge in [-0.1, -0.05) is 12.1 Å². The molecule has 23 heavy (non-hydrogen) atoms. The van der Waals surface area contributed by atoms with Crippen LogP contribution in [0.1, 0.15) is 31.2 Å². The summed E-state index contributed by atoms with van der Waals surface area (Å²) in [5, 5.41) is 5.15. The Morgan fingerprint density at radius 1 is 1.17 bits per heavy atom. The van der Waals surface area contributed by atoms with Gasteiger partial charge in [-0.3, -0.25) is 0 Å². The highest BCUT2D eigenvalue weighted by atomic mass is 19.4. The smallest absolute Gasteiger partial charge is 0.335 e. The summed E-state index contributed by atoms with van der Waals surface area (Å²) >= 11 is 0. The maximum atomic E-state index is 12.9. The average molecular weight is 327 g/mol. The monoisotopic (exact) mass is 327 g/mol. The van der Waals surface area contributed by atoms with Crippen LogP contribution in [0.25, 0.3) is 0 Å². The van der Waals surface area contributed by atoms with Crippen molar-refractivity contribution < 1.29 is 18.0 Å². The molecule has 0 aliphatic carbocycles. The number of alkyl halides is 3. The predicted octanol–water partition coefficient (Wildman–Crippen LogP) is 3.45. The van der Waals surface area contributed by atoms with Crippen molar-refractivity contribution in [3.63, 3.8) is 0 Å². The number of amides is 2. The standard InChI is InChI=1S/C16H20F3N3O/c17-16(18,19)13-5-1-2-6-14(13)21-15(23)20-11-7-9-22-8-3-4-12(22)10-11/h1-2,5-6,11-12H,3-4,7-10H2,(H2,20,21,23). The van der Waals surface area contributed by atoms with Crippen LogP contribution in [0.4, 0.5) is 23.7 Å². The van der Waals surface area contributed by atoms with Crippen molar-refractivity contribution in [2.45, 2.75) is 43.9 Å². The van der Waals surface area contributed by atoms with Crippen LogP contribution in [-0.2, 0) is 6.18 Å². The van der Waals surface area contributed by atoms with E-state index in [1.807, 2.05) is 0 Å². The number of hydrogen-bond donors (Lipinski definition) is 2. The number of nitrogens with zero attached hydrogens (tertiary/aromatic N) is 1. The number of hydrogen-bond acceptors (Lipinski definition) is 2. The van der Waals surface area contributed by atoms with Crippen molar-refractivity contribution in [2.75, 3.05) is 18.4 Å². The summed E-state index contributed by atoms with van der Waals surface area (Å²) in [4.78, 5) is 14.5. The zero-order chi connectivity index (χ0) is 16.4. The molecule has 4 nitrogen and oxygen atoms in total. The second kappa shape index (κ2) is 6.39. The van der Waals surface area contributed by atoms with E-state index in [0.29, 0.717) is 6.04 Å². The Morgan fingerprint density at radius 2 is 1.96 bits per heavy atom. The van der Waals surface area contributed by atoms with Gasteiger partial charge in [0.05, 0.1) is 11.3 Å². The average Bonchev–Trinajstić information content (AvgIpc) is 2.94. The molecule has 2 amide bonds. The summed E-state index contributed by atoms with van der Waals surface area (Å²) in [6.45, 7) is 2.05. The normalized spacial score (nSPS) is 25.0. The number of anilines is 1. The second-order valence-electron chi connectivity index (χ2n) is 6.20. The Hall–Kier alpha value is -1.76. The van der Waals surface area contributed by atoms with E-state index in [0.717, 1.165) is 38.4 Å². The number of piperidine rings is 1. The lowest BCUT2D eigenvalue weighted by molar-refractivity contribution is -0.136. The summed E-state index contributed by atoms with van der Waals surface area (Å²) in [6, 6.07) is 4.96. The van der Waals surface area contributed by atoms with E-state index in [2.05, 4.69) is 15.5 Å². The topological polar surface area (TPSA) is 44.4 Å². The molecule has 2 atom stereocenters. The van der Waals surface area contributed by atoms with E-state index in [1.165, 1.54) is 24.6 Å². The molecule has 2 fully saturated rings. The number of carbonyl (C=O) groups is 1. The highest BCUT2D eigenvalue weighted by molar-refractivity contribution is 5.90. The molecule has 0 saturated carbocycles. The Labute approximate surface area is 133 Å². The third kappa shape index (κ3) is 3.77. The molecular weight excluding hydrogens is 307 g/mol. The minimum absolute atomic E-state index is 0.0207.